The molecule has 0 saturated heterocycles. The Morgan fingerprint density at radius 3 is 2.95 bits per heavy atom. The lowest BCUT2D eigenvalue weighted by atomic mass is 10.2. The molecule has 0 bridgehead atoms. The normalized spacial score (nSPS) is 11.5. The summed E-state index contributed by atoms with van der Waals surface area (Å²) in [6.45, 7) is 0. The highest BCUT2D eigenvalue weighted by atomic mass is 32.1. The van der Waals surface area contributed by atoms with E-state index < -0.39 is 0 Å². The van der Waals surface area contributed by atoms with Gasteiger partial charge in [-0.25, -0.2) is 9.97 Å². The van der Waals surface area contributed by atoms with Crippen LogP contribution < -0.4 is 0 Å². The van der Waals surface area contributed by atoms with E-state index in [0.717, 1.165) is 17.5 Å². The van der Waals surface area contributed by atoms with Crippen LogP contribution in [0.4, 0.5) is 0 Å². The number of H-pyrrole nitrogens is 1. The summed E-state index contributed by atoms with van der Waals surface area (Å²) in [5.74, 6) is -0.620. The third kappa shape index (κ3) is 3.23. The number of allylic oxidation sites excluding steroid dienone is 1. The zero-order valence-electron chi connectivity index (χ0n) is 11.3. The van der Waals surface area contributed by atoms with Crippen LogP contribution >= 0.6 is 11.3 Å². The Balaban J connectivity index is 1.73. The molecule has 7 nitrogen and oxygen atoms in total. The Morgan fingerprint density at radius 2 is 2.23 bits per heavy atom. The largest absolute Gasteiger partial charge is 0.504 e. The van der Waals surface area contributed by atoms with E-state index in [2.05, 4.69) is 25.1 Å². The van der Waals surface area contributed by atoms with Gasteiger partial charge in [-0.15, -0.1) is 11.3 Å². The third-order valence-electron chi connectivity index (χ3n) is 2.76. The van der Waals surface area contributed by atoms with Gasteiger partial charge < -0.3 is 5.11 Å². The van der Waals surface area contributed by atoms with Crippen molar-refractivity contribution in [3.8, 4) is 0 Å². The van der Waals surface area contributed by atoms with Crippen molar-refractivity contribution < 1.29 is 9.90 Å². The summed E-state index contributed by atoms with van der Waals surface area (Å²) in [7, 11) is 0. The number of carbonyl (C=O) groups is 1. The SMILES string of the molecule is O=C(C=C(O)c1nc[nH]n1)c1nc(Cc2ccccn2)cs1. The number of nitrogens with one attached hydrogen (secondary N) is 1. The fraction of sp³-hybridized carbons (Fsp3) is 0.0714. The molecule has 22 heavy (non-hydrogen) atoms. The van der Waals surface area contributed by atoms with Gasteiger partial charge in [0, 0.05) is 29.8 Å². The number of aromatic nitrogens is 5. The number of carbonyl (C=O) groups excluding carboxylic acids is 1. The summed E-state index contributed by atoms with van der Waals surface area (Å²) in [6, 6.07) is 5.64. The molecule has 0 saturated carbocycles. The lowest BCUT2D eigenvalue weighted by Crippen LogP contribution is -1.98. The van der Waals surface area contributed by atoms with Crippen molar-refractivity contribution >= 4 is 22.9 Å². The molecule has 110 valence electrons. The second kappa shape index (κ2) is 6.27. The molecule has 0 fully saturated rings. The van der Waals surface area contributed by atoms with Gasteiger partial charge in [0.2, 0.25) is 11.6 Å². The van der Waals surface area contributed by atoms with E-state index in [1.807, 2.05) is 18.2 Å². The maximum atomic E-state index is 12.0. The first-order chi connectivity index (χ1) is 10.7. The predicted molar refractivity (Wildman–Crippen MR) is 80.5 cm³/mol. The zero-order valence-corrected chi connectivity index (χ0v) is 12.1. The van der Waals surface area contributed by atoms with Crippen molar-refractivity contribution in [2.24, 2.45) is 0 Å². The summed E-state index contributed by atoms with van der Waals surface area (Å²) in [5, 5.41) is 18.0. The van der Waals surface area contributed by atoms with Crippen molar-refractivity contribution in [2.75, 3.05) is 0 Å². The molecular weight excluding hydrogens is 302 g/mol. The molecule has 3 aromatic rings. The van der Waals surface area contributed by atoms with Crippen LogP contribution in [0.15, 0.2) is 42.2 Å². The van der Waals surface area contributed by atoms with Gasteiger partial charge in [-0.1, -0.05) is 6.07 Å². The van der Waals surface area contributed by atoms with Gasteiger partial charge in [0.25, 0.3) is 0 Å². The first kappa shape index (κ1) is 14.1. The predicted octanol–water partition coefficient (Wildman–Crippen LogP) is 2.03. The van der Waals surface area contributed by atoms with Crippen molar-refractivity contribution in [1.29, 1.82) is 0 Å². The lowest BCUT2D eigenvalue weighted by Gasteiger charge is -1.95. The van der Waals surface area contributed by atoms with Gasteiger partial charge >= 0.3 is 0 Å². The maximum absolute atomic E-state index is 12.0. The number of aliphatic hydroxyl groups excluding tert-OH is 1. The highest BCUT2D eigenvalue weighted by molar-refractivity contribution is 7.11. The number of thiazole rings is 1. The van der Waals surface area contributed by atoms with E-state index >= 15 is 0 Å². The van der Waals surface area contributed by atoms with Gasteiger partial charge in [-0.05, 0) is 12.1 Å². The standard InChI is InChI=1S/C14H11N5O2S/c20-11(13-16-8-17-19-13)6-12(21)14-18-10(7-22-14)5-9-3-1-2-4-15-9/h1-4,6-8,20H,5H2,(H,16,17,19). The Kier molecular flexibility index (Phi) is 4.01. The quantitative estimate of drug-likeness (QED) is 0.424. The number of pyridine rings is 1. The number of nitrogens with zero attached hydrogens (tertiary/aromatic N) is 4. The Labute approximate surface area is 129 Å². The highest BCUT2D eigenvalue weighted by Crippen LogP contribution is 2.15. The van der Waals surface area contributed by atoms with E-state index in [1.54, 1.807) is 11.6 Å². The molecule has 2 N–H and O–H groups in total. The number of aliphatic hydroxyl groups is 1. The van der Waals surface area contributed by atoms with Crippen molar-refractivity contribution in [1.82, 2.24) is 25.1 Å². The monoisotopic (exact) mass is 313 g/mol. The maximum Gasteiger partial charge on any atom is 0.218 e. The smallest absolute Gasteiger partial charge is 0.218 e. The Bertz CT molecular complexity index is 796. The molecule has 3 rings (SSSR count). The average molecular weight is 313 g/mol. The molecule has 0 aliphatic heterocycles. The summed E-state index contributed by atoms with van der Waals surface area (Å²) < 4.78 is 0. The van der Waals surface area contributed by atoms with Gasteiger partial charge in [0.1, 0.15) is 6.33 Å². The van der Waals surface area contributed by atoms with E-state index in [4.69, 9.17) is 0 Å². The summed E-state index contributed by atoms with van der Waals surface area (Å²) in [4.78, 5) is 24.3. The van der Waals surface area contributed by atoms with E-state index in [0.29, 0.717) is 11.4 Å². The summed E-state index contributed by atoms with van der Waals surface area (Å²) in [5.41, 5.74) is 1.64. The van der Waals surface area contributed by atoms with Crippen molar-refractivity contribution in [3.63, 3.8) is 0 Å². The second-order valence-corrected chi connectivity index (χ2v) is 5.22. The topological polar surface area (TPSA) is 105 Å². The molecule has 0 atom stereocenters. The molecule has 3 aromatic heterocycles. The average Bonchev–Trinajstić information content (AvgIpc) is 3.19. The van der Waals surface area contributed by atoms with Crippen LogP contribution in [-0.4, -0.2) is 36.0 Å². The molecule has 8 heteroatoms. The molecule has 3 heterocycles. The van der Waals surface area contributed by atoms with Crippen LogP contribution in [0, 0.1) is 0 Å². The van der Waals surface area contributed by atoms with Gasteiger partial charge in [-0.2, -0.15) is 5.10 Å². The second-order valence-electron chi connectivity index (χ2n) is 4.36. The minimum absolute atomic E-state index is 0.0682. The molecule has 0 unspecified atom stereocenters. The van der Waals surface area contributed by atoms with Crippen LogP contribution in [0.1, 0.15) is 27.0 Å². The van der Waals surface area contributed by atoms with Crippen molar-refractivity contribution in [2.45, 2.75) is 6.42 Å². The molecule has 0 spiro atoms. The summed E-state index contributed by atoms with van der Waals surface area (Å²) >= 11 is 1.22. The molecular formula is C14H11N5O2S. The molecule has 0 aromatic carbocycles. The minimum Gasteiger partial charge on any atom is -0.504 e. The zero-order chi connectivity index (χ0) is 15.4. The van der Waals surface area contributed by atoms with E-state index in [1.165, 1.54) is 17.7 Å². The lowest BCUT2D eigenvalue weighted by molar-refractivity contribution is 0.104. The van der Waals surface area contributed by atoms with E-state index in [-0.39, 0.29) is 17.4 Å². The first-order valence-corrected chi connectivity index (χ1v) is 7.26. The fourth-order valence-corrected chi connectivity index (χ4v) is 2.50. The van der Waals surface area contributed by atoms with Gasteiger partial charge in [0.15, 0.2) is 10.8 Å². The van der Waals surface area contributed by atoms with Gasteiger partial charge in [0.05, 0.1) is 5.69 Å². The minimum atomic E-state index is -0.389. The molecule has 0 amide bonds. The number of rotatable bonds is 5. The molecule has 0 aliphatic carbocycles. The van der Waals surface area contributed by atoms with Gasteiger partial charge in [-0.3, -0.25) is 14.9 Å². The number of hydrogen-bond donors (Lipinski definition) is 2. The van der Waals surface area contributed by atoms with Crippen LogP contribution in [0.25, 0.3) is 5.76 Å². The molecule has 0 radical (unpaired) electrons. The first-order valence-electron chi connectivity index (χ1n) is 6.38. The molecule has 0 aliphatic rings. The highest BCUT2D eigenvalue weighted by Gasteiger charge is 2.13. The Hall–Kier alpha value is -2.87. The van der Waals surface area contributed by atoms with Crippen molar-refractivity contribution in [3.05, 3.63) is 64.4 Å². The number of ketones is 1. The van der Waals surface area contributed by atoms with Crippen LogP contribution in [0.2, 0.25) is 0 Å². The Morgan fingerprint density at radius 1 is 1.32 bits per heavy atom. The number of hydrogen-bond acceptors (Lipinski definition) is 7. The number of aromatic amines is 1. The van der Waals surface area contributed by atoms with Crippen LogP contribution in [-0.2, 0) is 6.42 Å². The van der Waals surface area contributed by atoms with E-state index in [9.17, 15) is 9.90 Å². The van der Waals surface area contributed by atoms with Crippen LogP contribution in [0.3, 0.4) is 0 Å². The summed E-state index contributed by atoms with van der Waals surface area (Å²) in [6.07, 6.45) is 4.65. The fourth-order valence-electron chi connectivity index (χ4n) is 1.77. The third-order valence-corrected chi connectivity index (χ3v) is 3.67. The van der Waals surface area contributed by atoms with Crippen LogP contribution in [0.5, 0.6) is 0 Å².